The van der Waals surface area contributed by atoms with Gasteiger partial charge in [-0.05, 0) is 32.0 Å². The van der Waals surface area contributed by atoms with E-state index in [2.05, 4.69) is 15.2 Å². The summed E-state index contributed by atoms with van der Waals surface area (Å²) < 4.78 is 5.94. The standard InChI is InChI=1S/C6H8N2O2.C4H9N/c1-8-5(3-4-7-8)6(9)10-2;1-2-4-5-3-1/h3-4H,1-2H3;5H,1-4H2. The monoisotopic (exact) mass is 211 g/mol. The van der Waals surface area contributed by atoms with Crippen LogP contribution in [0.2, 0.25) is 0 Å². The molecule has 1 aromatic rings. The number of hydrogen-bond acceptors (Lipinski definition) is 4. The van der Waals surface area contributed by atoms with Crippen LogP contribution < -0.4 is 5.32 Å². The summed E-state index contributed by atoms with van der Waals surface area (Å²) in [5.74, 6) is -0.361. The Morgan fingerprint density at radius 1 is 1.53 bits per heavy atom. The predicted octanol–water partition coefficient (Wildman–Crippen LogP) is 0.576. The number of carbonyl (C=O) groups is 1. The Morgan fingerprint density at radius 3 is 2.53 bits per heavy atom. The first-order valence-electron chi connectivity index (χ1n) is 5.02. The van der Waals surface area contributed by atoms with Gasteiger partial charge < -0.3 is 10.1 Å². The van der Waals surface area contributed by atoms with Gasteiger partial charge in [0.25, 0.3) is 0 Å². The molecule has 5 heteroatoms. The number of aromatic nitrogens is 2. The Labute approximate surface area is 89.4 Å². The molecule has 1 fully saturated rings. The second-order valence-corrected chi connectivity index (χ2v) is 3.29. The fraction of sp³-hybridized carbons (Fsp3) is 0.600. The highest BCUT2D eigenvalue weighted by atomic mass is 16.5. The molecule has 15 heavy (non-hydrogen) atoms. The van der Waals surface area contributed by atoms with Crippen LogP contribution in [0.1, 0.15) is 23.3 Å². The molecule has 1 aromatic heterocycles. The van der Waals surface area contributed by atoms with Crippen molar-refractivity contribution in [3.63, 3.8) is 0 Å². The lowest BCUT2D eigenvalue weighted by Gasteiger charge is -1.96. The molecule has 0 spiro atoms. The van der Waals surface area contributed by atoms with Gasteiger partial charge in [-0.15, -0.1) is 0 Å². The summed E-state index contributed by atoms with van der Waals surface area (Å²) in [5, 5.41) is 7.02. The van der Waals surface area contributed by atoms with Crippen LogP contribution in [0.4, 0.5) is 0 Å². The smallest absolute Gasteiger partial charge is 0.356 e. The number of nitrogens with one attached hydrogen (secondary N) is 1. The molecule has 1 saturated heterocycles. The summed E-state index contributed by atoms with van der Waals surface area (Å²) in [6.07, 6.45) is 4.33. The lowest BCUT2D eigenvalue weighted by molar-refractivity contribution is 0.0588. The molecule has 5 nitrogen and oxygen atoms in total. The number of hydrogen-bond donors (Lipinski definition) is 1. The lowest BCUT2D eigenvalue weighted by Crippen LogP contribution is -2.07. The summed E-state index contributed by atoms with van der Waals surface area (Å²) in [7, 11) is 3.03. The van der Waals surface area contributed by atoms with Crippen molar-refractivity contribution in [1.82, 2.24) is 15.1 Å². The third-order valence-corrected chi connectivity index (χ3v) is 2.17. The number of methoxy groups -OCH3 is 1. The van der Waals surface area contributed by atoms with Crippen LogP contribution in [0, 0.1) is 0 Å². The van der Waals surface area contributed by atoms with Gasteiger partial charge in [-0.1, -0.05) is 0 Å². The maximum atomic E-state index is 10.8. The second kappa shape index (κ2) is 6.19. The van der Waals surface area contributed by atoms with Crippen LogP contribution in [0.5, 0.6) is 0 Å². The molecule has 0 radical (unpaired) electrons. The van der Waals surface area contributed by atoms with Gasteiger partial charge in [0.1, 0.15) is 5.69 Å². The van der Waals surface area contributed by atoms with Crippen LogP contribution in [-0.4, -0.2) is 35.9 Å². The molecule has 0 saturated carbocycles. The molecule has 0 aromatic carbocycles. The van der Waals surface area contributed by atoms with E-state index in [1.807, 2.05) is 0 Å². The number of ether oxygens (including phenoxy) is 1. The molecule has 0 bridgehead atoms. The molecule has 1 aliphatic heterocycles. The van der Waals surface area contributed by atoms with Gasteiger partial charge in [-0.25, -0.2) is 4.79 Å². The van der Waals surface area contributed by atoms with Gasteiger partial charge in [0.05, 0.1) is 7.11 Å². The van der Waals surface area contributed by atoms with Crippen molar-refractivity contribution in [3.8, 4) is 0 Å². The minimum absolute atomic E-state index is 0.361. The van der Waals surface area contributed by atoms with E-state index in [-0.39, 0.29) is 5.97 Å². The largest absolute Gasteiger partial charge is 0.464 e. The minimum Gasteiger partial charge on any atom is -0.464 e. The van der Waals surface area contributed by atoms with Crippen molar-refractivity contribution in [2.45, 2.75) is 12.8 Å². The average Bonchev–Trinajstić information content (AvgIpc) is 2.89. The van der Waals surface area contributed by atoms with Gasteiger partial charge >= 0.3 is 5.97 Å². The van der Waals surface area contributed by atoms with Crippen molar-refractivity contribution < 1.29 is 9.53 Å². The maximum Gasteiger partial charge on any atom is 0.356 e. The average molecular weight is 211 g/mol. The van der Waals surface area contributed by atoms with E-state index in [4.69, 9.17) is 0 Å². The number of carbonyl (C=O) groups excluding carboxylic acids is 1. The first-order valence-corrected chi connectivity index (χ1v) is 5.02. The van der Waals surface area contributed by atoms with E-state index in [0.29, 0.717) is 5.69 Å². The SMILES string of the molecule is C1CCNC1.COC(=O)c1ccnn1C. The summed E-state index contributed by atoms with van der Waals surface area (Å²) in [4.78, 5) is 10.8. The van der Waals surface area contributed by atoms with E-state index in [1.165, 1.54) is 37.7 Å². The maximum absolute atomic E-state index is 10.8. The Bertz CT molecular complexity index is 298. The molecule has 2 rings (SSSR count). The van der Waals surface area contributed by atoms with Gasteiger partial charge in [0.2, 0.25) is 0 Å². The Kier molecular flexibility index (Phi) is 4.83. The molecule has 2 heterocycles. The van der Waals surface area contributed by atoms with Crippen molar-refractivity contribution in [2.24, 2.45) is 7.05 Å². The molecule has 0 unspecified atom stereocenters. The molecular weight excluding hydrogens is 194 g/mol. The van der Waals surface area contributed by atoms with Crippen LogP contribution in [-0.2, 0) is 11.8 Å². The third kappa shape index (κ3) is 3.71. The van der Waals surface area contributed by atoms with Crippen LogP contribution >= 0.6 is 0 Å². The van der Waals surface area contributed by atoms with Gasteiger partial charge in [0.15, 0.2) is 0 Å². The highest BCUT2D eigenvalue weighted by molar-refractivity contribution is 5.87. The topological polar surface area (TPSA) is 56.1 Å². The van der Waals surface area contributed by atoms with E-state index in [0.717, 1.165) is 0 Å². The number of esters is 1. The van der Waals surface area contributed by atoms with Crippen molar-refractivity contribution in [1.29, 1.82) is 0 Å². The van der Waals surface area contributed by atoms with Crippen LogP contribution in [0.25, 0.3) is 0 Å². The fourth-order valence-electron chi connectivity index (χ4n) is 1.30. The fourth-order valence-corrected chi connectivity index (χ4v) is 1.30. The van der Waals surface area contributed by atoms with Gasteiger partial charge in [-0.3, -0.25) is 4.68 Å². The van der Waals surface area contributed by atoms with Crippen molar-refractivity contribution >= 4 is 5.97 Å². The normalized spacial score (nSPS) is 14.3. The quantitative estimate of drug-likeness (QED) is 0.690. The first-order chi connectivity index (χ1) is 7.25. The Hall–Kier alpha value is -1.36. The molecule has 1 N–H and O–H groups in total. The highest BCUT2D eigenvalue weighted by Crippen LogP contribution is 1.96. The van der Waals surface area contributed by atoms with E-state index < -0.39 is 0 Å². The first kappa shape index (κ1) is 11.7. The number of nitrogens with zero attached hydrogens (tertiary/aromatic N) is 2. The van der Waals surface area contributed by atoms with E-state index in [1.54, 1.807) is 19.3 Å². The highest BCUT2D eigenvalue weighted by Gasteiger charge is 2.07. The predicted molar refractivity (Wildman–Crippen MR) is 56.7 cm³/mol. The van der Waals surface area contributed by atoms with Crippen molar-refractivity contribution in [3.05, 3.63) is 18.0 Å². The van der Waals surface area contributed by atoms with Crippen molar-refractivity contribution in [2.75, 3.05) is 20.2 Å². The molecule has 0 atom stereocenters. The van der Waals surface area contributed by atoms with Gasteiger partial charge in [-0.2, -0.15) is 5.10 Å². The Balaban J connectivity index is 0.000000187. The van der Waals surface area contributed by atoms with E-state index >= 15 is 0 Å². The third-order valence-electron chi connectivity index (χ3n) is 2.17. The molecular formula is C10H17N3O2. The van der Waals surface area contributed by atoms with E-state index in [9.17, 15) is 4.79 Å². The van der Waals surface area contributed by atoms with Gasteiger partial charge in [0, 0.05) is 13.2 Å². The molecule has 0 amide bonds. The minimum atomic E-state index is -0.361. The molecule has 0 aliphatic carbocycles. The molecule has 84 valence electrons. The zero-order chi connectivity index (χ0) is 11.1. The Morgan fingerprint density at radius 2 is 2.20 bits per heavy atom. The summed E-state index contributed by atoms with van der Waals surface area (Å²) in [6.45, 7) is 2.50. The van der Waals surface area contributed by atoms with Crippen LogP contribution in [0.15, 0.2) is 12.3 Å². The summed E-state index contributed by atoms with van der Waals surface area (Å²) in [5.41, 5.74) is 0.461. The number of rotatable bonds is 1. The van der Waals surface area contributed by atoms with Crippen LogP contribution in [0.3, 0.4) is 0 Å². The lowest BCUT2D eigenvalue weighted by atomic mass is 10.4. The summed E-state index contributed by atoms with van der Waals surface area (Å²) in [6, 6.07) is 1.60. The summed E-state index contributed by atoms with van der Waals surface area (Å²) >= 11 is 0. The zero-order valence-corrected chi connectivity index (χ0v) is 9.19. The zero-order valence-electron chi connectivity index (χ0n) is 9.19. The second-order valence-electron chi connectivity index (χ2n) is 3.29. The number of aryl methyl sites for hydroxylation is 1. The molecule has 1 aliphatic rings.